The third-order valence-electron chi connectivity index (χ3n) is 3.89. The Balaban J connectivity index is 0.00000364. The molecule has 0 radical (unpaired) electrons. The van der Waals surface area contributed by atoms with Crippen molar-refractivity contribution in [1.82, 2.24) is 25.4 Å². The fourth-order valence-corrected chi connectivity index (χ4v) is 2.43. The van der Waals surface area contributed by atoms with E-state index in [0.29, 0.717) is 18.1 Å². The average molecular weight is 496 g/mol. The molecule has 0 saturated carbocycles. The van der Waals surface area contributed by atoms with Crippen LogP contribution in [0.3, 0.4) is 0 Å². The molecule has 0 aliphatic carbocycles. The van der Waals surface area contributed by atoms with Crippen LogP contribution in [0.25, 0.3) is 0 Å². The first kappa shape index (κ1) is 23.2. The molecule has 2 N–H and O–H groups in total. The number of nitrogens with one attached hydrogen (secondary N) is 2. The molecule has 0 spiro atoms. The first-order valence-corrected chi connectivity index (χ1v) is 8.37. The maximum absolute atomic E-state index is 12.8. The molecule has 0 aliphatic heterocycles. The molecule has 6 nitrogen and oxygen atoms in total. The van der Waals surface area contributed by atoms with Gasteiger partial charge in [-0.3, -0.25) is 4.99 Å². The molecule has 2 rings (SSSR count). The summed E-state index contributed by atoms with van der Waals surface area (Å²) in [6.07, 6.45) is 0.859. The van der Waals surface area contributed by atoms with Crippen molar-refractivity contribution in [2.24, 2.45) is 4.99 Å². The highest BCUT2D eigenvalue weighted by Crippen LogP contribution is 2.30. The lowest BCUT2D eigenvalue weighted by atomic mass is 10.1. The van der Waals surface area contributed by atoms with Crippen LogP contribution >= 0.6 is 24.0 Å². The highest BCUT2D eigenvalue weighted by molar-refractivity contribution is 14.0. The molecule has 0 bridgehead atoms. The summed E-state index contributed by atoms with van der Waals surface area (Å²) in [5, 5.41) is 13.8. The molecule has 1 atom stereocenters. The topological polar surface area (TPSA) is 67.1 Å². The molecular formula is C17H24F3IN6. The summed E-state index contributed by atoms with van der Waals surface area (Å²) >= 11 is 0. The maximum Gasteiger partial charge on any atom is 0.416 e. The Morgan fingerprint density at radius 2 is 1.93 bits per heavy atom. The third-order valence-corrected chi connectivity index (χ3v) is 3.89. The molecule has 0 aliphatic rings. The highest BCUT2D eigenvalue weighted by atomic mass is 127. The molecule has 27 heavy (non-hydrogen) atoms. The van der Waals surface area contributed by atoms with Gasteiger partial charge in [-0.1, -0.05) is 12.1 Å². The lowest BCUT2D eigenvalue weighted by Gasteiger charge is -2.19. The lowest BCUT2D eigenvalue weighted by Crippen LogP contribution is -2.39. The zero-order valence-corrected chi connectivity index (χ0v) is 17.5. The molecule has 1 aromatic carbocycles. The van der Waals surface area contributed by atoms with Crippen molar-refractivity contribution in [2.75, 3.05) is 13.6 Å². The minimum Gasteiger partial charge on any atom is -0.356 e. The van der Waals surface area contributed by atoms with Crippen molar-refractivity contribution >= 4 is 29.9 Å². The van der Waals surface area contributed by atoms with E-state index >= 15 is 0 Å². The zero-order chi connectivity index (χ0) is 19.0. The number of hydrogen-bond acceptors (Lipinski definition) is 3. The van der Waals surface area contributed by atoms with E-state index in [1.807, 2.05) is 4.57 Å². The molecule has 1 unspecified atom stereocenters. The van der Waals surface area contributed by atoms with Crippen molar-refractivity contribution < 1.29 is 13.2 Å². The SMILES string of the molecule is CN=C(NCCCCn1cnnc1)NC(C)c1cccc(C(F)(F)F)c1.I. The Bertz CT molecular complexity index is 703. The first-order chi connectivity index (χ1) is 12.4. The molecule has 1 heterocycles. The van der Waals surface area contributed by atoms with E-state index < -0.39 is 11.7 Å². The van der Waals surface area contributed by atoms with Crippen LogP contribution in [0.15, 0.2) is 41.9 Å². The van der Waals surface area contributed by atoms with Gasteiger partial charge >= 0.3 is 6.18 Å². The minimum absolute atomic E-state index is 0. The van der Waals surface area contributed by atoms with Gasteiger partial charge in [0.25, 0.3) is 0 Å². The standard InChI is InChI=1S/C17H23F3N6.HI/c1-13(14-6-5-7-15(10-14)17(18,19)20)25-16(21-2)22-8-3-4-9-26-11-23-24-12-26;/h5-7,10-13H,3-4,8-9H2,1-2H3,(H2,21,22,25);1H. The Labute approximate surface area is 173 Å². The van der Waals surface area contributed by atoms with Crippen LogP contribution in [0.4, 0.5) is 13.2 Å². The molecule has 10 heteroatoms. The van der Waals surface area contributed by atoms with Crippen LogP contribution in [-0.4, -0.2) is 34.3 Å². The van der Waals surface area contributed by atoms with Gasteiger partial charge in [-0.25, -0.2) is 0 Å². The second kappa shape index (κ2) is 11.1. The van der Waals surface area contributed by atoms with Gasteiger partial charge in [-0.2, -0.15) is 13.2 Å². The van der Waals surface area contributed by atoms with E-state index in [-0.39, 0.29) is 30.0 Å². The monoisotopic (exact) mass is 496 g/mol. The van der Waals surface area contributed by atoms with Crippen molar-refractivity contribution in [1.29, 1.82) is 0 Å². The summed E-state index contributed by atoms with van der Waals surface area (Å²) in [5.41, 5.74) is -0.101. The van der Waals surface area contributed by atoms with Gasteiger partial charge < -0.3 is 15.2 Å². The Morgan fingerprint density at radius 1 is 1.22 bits per heavy atom. The summed E-state index contributed by atoms with van der Waals surface area (Å²) in [5.74, 6) is 0.555. The summed E-state index contributed by atoms with van der Waals surface area (Å²) in [6.45, 7) is 3.34. The van der Waals surface area contributed by atoms with Crippen LogP contribution in [0.1, 0.15) is 36.9 Å². The number of aromatic nitrogens is 3. The van der Waals surface area contributed by atoms with Gasteiger partial charge in [-0.05, 0) is 37.5 Å². The Kier molecular flexibility index (Phi) is 9.53. The summed E-state index contributed by atoms with van der Waals surface area (Å²) < 4.78 is 40.4. The molecule has 1 aromatic heterocycles. The number of alkyl halides is 3. The molecule has 0 fully saturated rings. The predicted octanol–water partition coefficient (Wildman–Crippen LogP) is 3.62. The van der Waals surface area contributed by atoms with Crippen LogP contribution in [0.2, 0.25) is 0 Å². The zero-order valence-electron chi connectivity index (χ0n) is 15.2. The quantitative estimate of drug-likeness (QED) is 0.266. The number of aliphatic imine (C=N–C) groups is 1. The summed E-state index contributed by atoms with van der Waals surface area (Å²) in [4.78, 5) is 4.12. The third kappa shape index (κ3) is 7.73. The van der Waals surface area contributed by atoms with Crippen molar-refractivity contribution in [2.45, 2.75) is 38.5 Å². The molecule has 2 aromatic rings. The Morgan fingerprint density at radius 3 is 2.56 bits per heavy atom. The van der Waals surface area contributed by atoms with Crippen LogP contribution in [0, 0.1) is 0 Å². The van der Waals surface area contributed by atoms with E-state index in [0.717, 1.165) is 31.5 Å². The number of hydrogen-bond donors (Lipinski definition) is 2. The van der Waals surface area contributed by atoms with Gasteiger partial charge in [0.15, 0.2) is 5.96 Å². The van der Waals surface area contributed by atoms with Gasteiger partial charge in [0.2, 0.25) is 0 Å². The van der Waals surface area contributed by atoms with Crippen molar-refractivity contribution in [3.63, 3.8) is 0 Å². The maximum atomic E-state index is 12.8. The minimum atomic E-state index is -4.35. The van der Waals surface area contributed by atoms with Gasteiger partial charge in [0.1, 0.15) is 12.7 Å². The van der Waals surface area contributed by atoms with Crippen molar-refractivity contribution in [3.8, 4) is 0 Å². The van der Waals surface area contributed by atoms with E-state index in [2.05, 4.69) is 25.8 Å². The number of benzene rings is 1. The Hall–Kier alpha value is -1.85. The van der Waals surface area contributed by atoms with Gasteiger partial charge in [0, 0.05) is 20.1 Å². The molecule has 0 saturated heterocycles. The lowest BCUT2D eigenvalue weighted by molar-refractivity contribution is -0.137. The van der Waals surface area contributed by atoms with Gasteiger partial charge in [0.05, 0.1) is 11.6 Å². The van der Waals surface area contributed by atoms with E-state index in [1.54, 1.807) is 32.7 Å². The number of halogens is 4. The number of unbranched alkanes of at least 4 members (excludes halogenated alkanes) is 1. The fourth-order valence-electron chi connectivity index (χ4n) is 2.43. The van der Waals surface area contributed by atoms with Crippen LogP contribution in [0.5, 0.6) is 0 Å². The molecule has 0 amide bonds. The second-order valence-electron chi connectivity index (χ2n) is 5.90. The number of nitrogens with zero attached hydrogens (tertiary/aromatic N) is 4. The van der Waals surface area contributed by atoms with Gasteiger partial charge in [-0.15, -0.1) is 34.2 Å². The average Bonchev–Trinajstić information content (AvgIpc) is 3.13. The smallest absolute Gasteiger partial charge is 0.356 e. The normalized spacial score (nSPS) is 13.0. The molecule has 150 valence electrons. The number of aryl methyl sites for hydroxylation is 1. The first-order valence-electron chi connectivity index (χ1n) is 8.37. The van der Waals surface area contributed by atoms with Crippen molar-refractivity contribution in [3.05, 3.63) is 48.0 Å². The van der Waals surface area contributed by atoms with E-state index in [4.69, 9.17) is 0 Å². The van der Waals surface area contributed by atoms with E-state index in [1.165, 1.54) is 6.07 Å². The largest absolute Gasteiger partial charge is 0.416 e. The molecular weight excluding hydrogens is 472 g/mol. The van der Waals surface area contributed by atoms with Crippen LogP contribution in [-0.2, 0) is 12.7 Å². The fraction of sp³-hybridized carbons (Fsp3) is 0.471. The second-order valence-corrected chi connectivity index (χ2v) is 5.90. The van der Waals surface area contributed by atoms with E-state index in [9.17, 15) is 13.2 Å². The number of rotatable bonds is 7. The highest BCUT2D eigenvalue weighted by Gasteiger charge is 2.30. The predicted molar refractivity (Wildman–Crippen MR) is 109 cm³/mol. The van der Waals surface area contributed by atoms with Crippen LogP contribution < -0.4 is 10.6 Å². The summed E-state index contributed by atoms with van der Waals surface area (Å²) in [7, 11) is 1.63. The summed E-state index contributed by atoms with van der Waals surface area (Å²) in [6, 6.07) is 5.00. The number of guanidine groups is 1.